The lowest BCUT2D eigenvalue weighted by atomic mass is 9.94. The van der Waals surface area contributed by atoms with Gasteiger partial charge < -0.3 is 15.0 Å². The molecule has 2 fully saturated rings. The van der Waals surface area contributed by atoms with Crippen molar-refractivity contribution < 1.29 is 9.66 Å². The Balaban J connectivity index is 1.92. The number of anilines is 1. The van der Waals surface area contributed by atoms with Crippen LogP contribution in [0.3, 0.4) is 0 Å². The molecule has 20 heavy (non-hydrogen) atoms. The van der Waals surface area contributed by atoms with Crippen molar-refractivity contribution in [1.82, 2.24) is 15.3 Å². The summed E-state index contributed by atoms with van der Waals surface area (Å²) in [6.07, 6.45) is 3.63. The van der Waals surface area contributed by atoms with Crippen LogP contribution in [0.15, 0.2) is 6.33 Å². The number of rotatable bonds is 3. The molecule has 1 N–H and O–H groups in total. The zero-order chi connectivity index (χ0) is 14.1. The van der Waals surface area contributed by atoms with Crippen LogP contribution in [0.5, 0.6) is 5.88 Å². The topological polar surface area (TPSA) is 93.4 Å². The van der Waals surface area contributed by atoms with Crippen molar-refractivity contribution in [2.75, 3.05) is 31.6 Å². The summed E-state index contributed by atoms with van der Waals surface area (Å²) in [6.45, 7) is 2.55. The monoisotopic (exact) mass is 279 g/mol. The lowest BCUT2D eigenvalue weighted by Crippen LogP contribution is -2.40. The maximum atomic E-state index is 11.3. The maximum absolute atomic E-state index is 11.3. The van der Waals surface area contributed by atoms with E-state index in [0.29, 0.717) is 17.8 Å². The number of nitro groups is 1. The highest BCUT2D eigenvalue weighted by molar-refractivity contribution is 5.63. The lowest BCUT2D eigenvalue weighted by Gasteiger charge is -2.24. The summed E-state index contributed by atoms with van der Waals surface area (Å²) >= 11 is 0. The van der Waals surface area contributed by atoms with Gasteiger partial charge in [-0.3, -0.25) is 10.1 Å². The molecule has 8 heteroatoms. The molecule has 2 aliphatic rings. The average Bonchev–Trinajstić information content (AvgIpc) is 2.90. The van der Waals surface area contributed by atoms with Crippen LogP contribution in [0.25, 0.3) is 0 Å². The zero-order valence-corrected chi connectivity index (χ0v) is 11.3. The highest BCUT2D eigenvalue weighted by Crippen LogP contribution is 2.36. The Bertz CT molecular complexity index is 510. The van der Waals surface area contributed by atoms with E-state index < -0.39 is 4.92 Å². The van der Waals surface area contributed by atoms with Crippen LogP contribution in [0.4, 0.5) is 11.5 Å². The minimum atomic E-state index is -0.469. The van der Waals surface area contributed by atoms with E-state index in [4.69, 9.17) is 4.74 Å². The molecule has 108 valence electrons. The first-order chi connectivity index (χ1) is 9.70. The molecular weight excluding hydrogens is 262 g/mol. The van der Waals surface area contributed by atoms with Crippen molar-refractivity contribution in [3.63, 3.8) is 0 Å². The van der Waals surface area contributed by atoms with Gasteiger partial charge in [-0.15, -0.1) is 0 Å². The third-order valence-electron chi connectivity index (χ3n) is 4.04. The molecule has 2 saturated heterocycles. The first kappa shape index (κ1) is 13.0. The molecule has 2 atom stereocenters. The Kier molecular flexibility index (Phi) is 3.39. The van der Waals surface area contributed by atoms with Crippen LogP contribution in [0, 0.1) is 16.0 Å². The third-order valence-corrected chi connectivity index (χ3v) is 4.04. The normalized spacial score (nSPS) is 25.4. The van der Waals surface area contributed by atoms with Crippen LogP contribution in [-0.4, -0.2) is 47.7 Å². The lowest BCUT2D eigenvalue weighted by molar-refractivity contribution is -0.385. The van der Waals surface area contributed by atoms with Gasteiger partial charge in [-0.1, -0.05) is 0 Å². The van der Waals surface area contributed by atoms with Gasteiger partial charge in [0.05, 0.1) is 12.0 Å². The Morgan fingerprint density at radius 3 is 3.05 bits per heavy atom. The summed E-state index contributed by atoms with van der Waals surface area (Å²) in [7, 11) is 1.38. The van der Waals surface area contributed by atoms with E-state index in [1.54, 1.807) is 0 Å². The van der Waals surface area contributed by atoms with Gasteiger partial charge in [-0.05, 0) is 25.3 Å². The molecule has 8 nitrogen and oxygen atoms in total. The van der Waals surface area contributed by atoms with E-state index in [9.17, 15) is 10.1 Å². The van der Waals surface area contributed by atoms with Gasteiger partial charge in [0, 0.05) is 19.1 Å². The number of piperidine rings is 1. The SMILES string of the molecule is COc1ncnc(N2C[C@@H]3CCCN[C@@H]3C2)c1[N+](=O)[O-]. The van der Waals surface area contributed by atoms with Gasteiger partial charge in [-0.2, -0.15) is 4.98 Å². The van der Waals surface area contributed by atoms with Crippen molar-refractivity contribution in [3.05, 3.63) is 16.4 Å². The second kappa shape index (κ2) is 5.20. The standard InChI is InChI=1S/C12H17N5O3/c1-20-12-10(17(18)19)11(14-7-15-12)16-5-8-3-2-4-13-9(8)6-16/h7-9,13H,2-6H2,1H3/t8-,9+/m0/s1. The summed E-state index contributed by atoms with van der Waals surface area (Å²) in [5, 5.41) is 14.7. The summed E-state index contributed by atoms with van der Waals surface area (Å²) < 4.78 is 4.99. The predicted molar refractivity (Wildman–Crippen MR) is 72.0 cm³/mol. The second-order valence-corrected chi connectivity index (χ2v) is 5.18. The molecule has 0 aromatic carbocycles. The number of nitrogens with zero attached hydrogens (tertiary/aromatic N) is 4. The van der Waals surface area contributed by atoms with Gasteiger partial charge in [0.1, 0.15) is 6.33 Å². The number of hydrogen-bond acceptors (Lipinski definition) is 7. The number of methoxy groups -OCH3 is 1. The van der Waals surface area contributed by atoms with E-state index >= 15 is 0 Å². The largest absolute Gasteiger partial charge is 0.476 e. The Labute approximate surface area is 116 Å². The van der Waals surface area contributed by atoms with Crippen LogP contribution in [0.1, 0.15) is 12.8 Å². The van der Waals surface area contributed by atoms with Crippen LogP contribution in [0.2, 0.25) is 0 Å². The van der Waals surface area contributed by atoms with Gasteiger partial charge in [0.2, 0.25) is 5.82 Å². The summed E-state index contributed by atoms with van der Waals surface area (Å²) in [6, 6.07) is 0.393. The molecular formula is C12H17N5O3. The first-order valence-electron chi connectivity index (χ1n) is 6.72. The predicted octanol–water partition coefficient (Wildman–Crippen LogP) is 0.582. The molecule has 0 aliphatic carbocycles. The molecule has 0 bridgehead atoms. The molecule has 1 aromatic rings. The summed E-state index contributed by atoms with van der Waals surface area (Å²) in [4.78, 5) is 20.7. The number of hydrogen-bond donors (Lipinski definition) is 1. The number of fused-ring (bicyclic) bond motifs is 1. The van der Waals surface area contributed by atoms with E-state index in [1.807, 2.05) is 4.90 Å². The minimum Gasteiger partial charge on any atom is -0.476 e. The summed E-state index contributed by atoms with van der Waals surface area (Å²) in [5.41, 5.74) is -0.145. The third kappa shape index (κ3) is 2.15. The molecule has 3 heterocycles. The van der Waals surface area contributed by atoms with Crippen molar-refractivity contribution >= 4 is 11.5 Å². The Hall–Kier alpha value is -1.96. The van der Waals surface area contributed by atoms with Crippen molar-refractivity contribution in [1.29, 1.82) is 0 Å². The molecule has 1 aromatic heterocycles. The van der Waals surface area contributed by atoms with Crippen LogP contribution >= 0.6 is 0 Å². The van der Waals surface area contributed by atoms with Crippen molar-refractivity contribution in [2.45, 2.75) is 18.9 Å². The summed E-state index contributed by atoms with van der Waals surface area (Å²) in [5.74, 6) is 0.908. The van der Waals surface area contributed by atoms with E-state index in [0.717, 1.165) is 32.5 Å². The fourth-order valence-electron chi connectivity index (χ4n) is 3.11. The number of aromatic nitrogens is 2. The maximum Gasteiger partial charge on any atom is 0.372 e. The fourth-order valence-corrected chi connectivity index (χ4v) is 3.11. The van der Waals surface area contributed by atoms with E-state index in [2.05, 4.69) is 15.3 Å². The van der Waals surface area contributed by atoms with Gasteiger partial charge >= 0.3 is 5.69 Å². The van der Waals surface area contributed by atoms with Crippen molar-refractivity contribution in [3.8, 4) is 5.88 Å². The smallest absolute Gasteiger partial charge is 0.372 e. The molecule has 0 unspecified atom stereocenters. The van der Waals surface area contributed by atoms with Gasteiger partial charge in [-0.25, -0.2) is 4.98 Å². The molecule has 0 saturated carbocycles. The molecule has 3 rings (SSSR count). The highest BCUT2D eigenvalue weighted by Gasteiger charge is 2.38. The Morgan fingerprint density at radius 2 is 2.35 bits per heavy atom. The van der Waals surface area contributed by atoms with E-state index in [1.165, 1.54) is 13.4 Å². The Morgan fingerprint density at radius 1 is 1.50 bits per heavy atom. The molecule has 0 amide bonds. The molecule has 0 radical (unpaired) electrons. The fraction of sp³-hybridized carbons (Fsp3) is 0.667. The second-order valence-electron chi connectivity index (χ2n) is 5.18. The molecule has 0 spiro atoms. The van der Waals surface area contributed by atoms with E-state index in [-0.39, 0.29) is 11.6 Å². The van der Waals surface area contributed by atoms with Crippen LogP contribution < -0.4 is 15.0 Å². The van der Waals surface area contributed by atoms with Gasteiger partial charge in [0.25, 0.3) is 5.88 Å². The average molecular weight is 279 g/mol. The first-order valence-corrected chi connectivity index (χ1v) is 6.72. The van der Waals surface area contributed by atoms with Crippen molar-refractivity contribution in [2.24, 2.45) is 5.92 Å². The minimum absolute atomic E-state index is 0.0165. The van der Waals surface area contributed by atoms with Gasteiger partial charge in [0.15, 0.2) is 0 Å². The zero-order valence-electron chi connectivity index (χ0n) is 11.3. The molecule has 2 aliphatic heterocycles. The highest BCUT2D eigenvalue weighted by atomic mass is 16.6. The van der Waals surface area contributed by atoms with Crippen LogP contribution in [-0.2, 0) is 0 Å². The number of nitrogens with one attached hydrogen (secondary N) is 1. The number of ether oxygens (including phenoxy) is 1. The quantitative estimate of drug-likeness (QED) is 0.639.